The number of aromatic nitrogens is 1. The predicted molar refractivity (Wildman–Crippen MR) is 67.5 cm³/mol. The maximum atomic E-state index is 11.6. The summed E-state index contributed by atoms with van der Waals surface area (Å²) in [7, 11) is 0. The smallest absolute Gasteiger partial charge is 0.261 e. The summed E-state index contributed by atoms with van der Waals surface area (Å²) < 4.78 is 4.86. The second-order valence-corrected chi connectivity index (χ2v) is 4.79. The lowest BCUT2D eigenvalue weighted by Crippen LogP contribution is -2.46. The van der Waals surface area contributed by atoms with Gasteiger partial charge in [0.1, 0.15) is 13.2 Å². The van der Waals surface area contributed by atoms with Crippen LogP contribution in [0.15, 0.2) is 5.38 Å². The summed E-state index contributed by atoms with van der Waals surface area (Å²) >= 11 is 1.30. The van der Waals surface area contributed by atoms with Crippen molar-refractivity contribution in [3.8, 4) is 0 Å². The number of amides is 2. The molecular formula is C11H15N3O3S. The highest BCUT2D eigenvalue weighted by molar-refractivity contribution is 7.14. The zero-order chi connectivity index (χ0) is 13.1. The van der Waals surface area contributed by atoms with Crippen LogP contribution < -0.4 is 10.2 Å². The second kappa shape index (κ2) is 5.55. The van der Waals surface area contributed by atoms with Crippen molar-refractivity contribution in [2.75, 3.05) is 24.7 Å². The first kappa shape index (κ1) is 13.1. The van der Waals surface area contributed by atoms with Crippen molar-refractivity contribution in [3.63, 3.8) is 0 Å². The summed E-state index contributed by atoms with van der Waals surface area (Å²) in [5.74, 6) is -0.716. The van der Waals surface area contributed by atoms with Crippen molar-refractivity contribution < 1.29 is 14.3 Å². The average Bonchev–Trinajstić information content (AvgIpc) is 2.78. The van der Waals surface area contributed by atoms with Crippen molar-refractivity contribution in [3.05, 3.63) is 11.1 Å². The van der Waals surface area contributed by atoms with E-state index in [0.29, 0.717) is 5.13 Å². The summed E-state index contributed by atoms with van der Waals surface area (Å²) in [6.45, 7) is 4.71. The molecule has 0 radical (unpaired) electrons. The molecule has 0 aliphatic carbocycles. The van der Waals surface area contributed by atoms with Gasteiger partial charge in [-0.1, -0.05) is 6.92 Å². The molecular weight excluding hydrogens is 254 g/mol. The van der Waals surface area contributed by atoms with E-state index in [4.69, 9.17) is 4.74 Å². The van der Waals surface area contributed by atoms with Gasteiger partial charge < -0.3 is 10.1 Å². The van der Waals surface area contributed by atoms with Crippen molar-refractivity contribution in [2.45, 2.75) is 19.9 Å². The minimum Gasteiger partial charge on any atom is -0.362 e. The zero-order valence-corrected chi connectivity index (χ0v) is 11.1. The Bertz CT molecular complexity index is 444. The second-order valence-electron chi connectivity index (χ2n) is 3.95. The van der Waals surface area contributed by atoms with E-state index in [1.54, 1.807) is 0 Å². The molecule has 1 aromatic heterocycles. The van der Waals surface area contributed by atoms with Gasteiger partial charge in [0, 0.05) is 11.4 Å². The molecule has 1 N–H and O–H groups in total. The summed E-state index contributed by atoms with van der Waals surface area (Å²) in [5.41, 5.74) is 0.837. The standard InChI is InChI=1S/C11H15N3O3S/c1-3-12-7(2)8-6-18-11(13-8)14-9(15)4-17-5-10(14)16/h6-7,12H,3-5H2,1-2H3. The molecule has 6 nitrogen and oxygen atoms in total. The molecule has 1 aromatic rings. The molecule has 0 spiro atoms. The predicted octanol–water partition coefficient (Wildman–Crippen LogP) is 0.703. The highest BCUT2D eigenvalue weighted by Gasteiger charge is 2.30. The molecule has 1 aliphatic rings. The lowest BCUT2D eigenvalue weighted by atomic mass is 10.2. The van der Waals surface area contributed by atoms with Gasteiger partial charge in [0.2, 0.25) is 0 Å². The van der Waals surface area contributed by atoms with E-state index in [0.717, 1.165) is 17.1 Å². The number of morpholine rings is 1. The third-order valence-electron chi connectivity index (χ3n) is 2.60. The minimum atomic E-state index is -0.358. The number of carbonyl (C=O) groups is 2. The average molecular weight is 269 g/mol. The van der Waals surface area contributed by atoms with Crippen LogP contribution in [0.25, 0.3) is 0 Å². The Morgan fingerprint density at radius 2 is 2.17 bits per heavy atom. The fourth-order valence-corrected chi connectivity index (χ4v) is 2.65. The maximum absolute atomic E-state index is 11.6. The summed E-state index contributed by atoms with van der Waals surface area (Å²) in [6.07, 6.45) is 0. The van der Waals surface area contributed by atoms with Gasteiger partial charge in [-0.3, -0.25) is 9.59 Å². The van der Waals surface area contributed by atoms with E-state index in [1.165, 1.54) is 11.3 Å². The Morgan fingerprint density at radius 1 is 1.50 bits per heavy atom. The largest absolute Gasteiger partial charge is 0.362 e. The van der Waals surface area contributed by atoms with Crippen LogP contribution in [0.4, 0.5) is 5.13 Å². The van der Waals surface area contributed by atoms with Crippen LogP contribution in [0, 0.1) is 0 Å². The molecule has 7 heteroatoms. The van der Waals surface area contributed by atoms with Gasteiger partial charge in [-0.15, -0.1) is 11.3 Å². The molecule has 18 heavy (non-hydrogen) atoms. The number of hydrogen-bond acceptors (Lipinski definition) is 6. The first-order chi connectivity index (χ1) is 8.63. The van der Waals surface area contributed by atoms with Crippen molar-refractivity contribution >= 4 is 28.3 Å². The van der Waals surface area contributed by atoms with Crippen LogP contribution >= 0.6 is 11.3 Å². The van der Waals surface area contributed by atoms with Crippen LogP contribution in [-0.4, -0.2) is 36.6 Å². The molecule has 2 heterocycles. The van der Waals surface area contributed by atoms with Gasteiger partial charge in [0.25, 0.3) is 11.8 Å². The molecule has 0 saturated carbocycles. The molecule has 1 aliphatic heterocycles. The molecule has 1 saturated heterocycles. The zero-order valence-electron chi connectivity index (χ0n) is 10.3. The third-order valence-corrected chi connectivity index (χ3v) is 3.45. The topological polar surface area (TPSA) is 71.5 Å². The van der Waals surface area contributed by atoms with E-state index < -0.39 is 0 Å². The maximum Gasteiger partial charge on any atom is 0.261 e. The highest BCUT2D eigenvalue weighted by atomic mass is 32.1. The Kier molecular flexibility index (Phi) is 4.05. The molecule has 2 amide bonds. The first-order valence-electron chi connectivity index (χ1n) is 5.75. The number of ether oxygens (including phenoxy) is 1. The normalized spacial score (nSPS) is 18.2. The first-order valence-corrected chi connectivity index (χ1v) is 6.63. The summed E-state index contributed by atoms with van der Waals surface area (Å²) in [6, 6.07) is 0.103. The monoisotopic (exact) mass is 269 g/mol. The van der Waals surface area contributed by atoms with Crippen molar-refractivity contribution in [1.82, 2.24) is 10.3 Å². The van der Waals surface area contributed by atoms with Crippen molar-refractivity contribution in [2.24, 2.45) is 0 Å². The van der Waals surface area contributed by atoms with Gasteiger partial charge in [-0.25, -0.2) is 9.88 Å². The quantitative estimate of drug-likeness (QED) is 0.815. The summed E-state index contributed by atoms with van der Waals surface area (Å²) in [5, 5.41) is 5.52. The number of carbonyl (C=O) groups excluding carboxylic acids is 2. The van der Waals surface area contributed by atoms with Gasteiger partial charge in [-0.2, -0.15) is 0 Å². The number of nitrogens with one attached hydrogen (secondary N) is 1. The van der Waals surface area contributed by atoms with Gasteiger partial charge in [0.05, 0.1) is 5.69 Å². The van der Waals surface area contributed by atoms with E-state index >= 15 is 0 Å². The number of nitrogens with zero attached hydrogens (tertiary/aromatic N) is 2. The van der Waals surface area contributed by atoms with Crippen molar-refractivity contribution in [1.29, 1.82) is 0 Å². The van der Waals surface area contributed by atoms with Crippen LogP contribution in [0.5, 0.6) is 0 Å². The number of anilines is 1. The number of hydrogen-bond donors (Lipinski definition) is 1. The molecule has 98 valence electrons. The molecule has 1 unspecified atom stereocenters. The third kappa shape index (κ3) is 2.58. The Hall–Kier alpha value is -1.31. The van der Waals surface area contributed by atoms with Gasteiger partial charge in [0.15, 0.2) is 5.13 Å². The highest BCUT2D eigenvalue weighted by Crippen LogP contribution is 2.25. The Morgan fingerprint density at radius 3 is 2.78 bits per heavy atom. The fourth-order valence-electron chi connectivity index (χ4n) is 1.70. The lowest BCUT2D eigenvalue weighted by molar-refractivity contribution is -0.138. The van der Waals surface area contributed by atoms with Crippen LogP contribution in [0.3, 0.4) is 0 Å². The van der Waals surface area contributed by atoms with Gasteiger partial charge in [-0.05, 0) is 13.5 Å². The molecule has 1 fully saturated rings. The van der Waals surface area contributed by atoms with E-state index in [9.17, 15) is 9.59 Å². The Labute approximate surface area is 109 Å². The minimum absolute atomic E-state index is 0.0661. The molecule has 2 rings (SSSR count). The molecule has 0 bridgehead atoms. The number of thiazole rings is 1. The SMILES string of the molecule is CCNC(C)c1csc(N2C(=O)COCC2=O)n1. The van der Waals surface area contributed by atoms with E-state index in [-0.39, 0.29) is 31.1 Å². The van der Waals surface area contributed by atoms with Crippen LogP contribution in [0.1, 0.15) is 25.6 Å². The molecule has 0 aromatic carbocycles. The fraction of sp³-hybridized carbons (Fsp3) is 0.545. The molecule has 1 atom stereocenters. The summed E-state index contributed by atoms with van der Waals surface area (Å²) in [4.78, 5) is 28.7. The van der Waals surface area contributed by atoms with Gasteiger partial charge >= 0.3 is 0 Å². The number of rotatable bonds is 4. The Balaban J connectivity index is 2.18. The number of imide groups is 1. The lowest BCUT2D eigenvalue weighted by Gasteiger charge is -2.22. The van der Waals surface area contributed by atoms with Crippen LogP contribution in [-0.2, 0) is 14.3 Å². The van der Waals surface area contributed by atoms with Crippen LogP contribution in [0.2, 0.25) is 0 Å². The van der Waals surface area contributed by atoms with E-state index in [2.05, 4.69) is 10.3 Å². The van der Waals surface area contributed by atoms with E-state index in [1.807, 2.05) is 19.2 Å².